The Morgan fingerprint density at radius 2 is 1.61 bits per heavy atom. The van der Waals surface area contributed by atoms with Crippen LogP contribution in [0.5, 0.6) is 0 Å². The van der Waals surface area contributed by atoms with Crippen LogP contribution >= 0.6 is 0 Å². The van der Waals surface area contributed by atoms with Crippen LogP contribution in [0.2, 0.25) is 0 Å². The lowest BCUT2D eigenvalue weighted by Crippen LogP contribution is -2.01. The van der Waals surface area contributed by atoms with Crippen LogP contribution in [0, 0.1) is 25.2 Å². The maximum atomic E-state index is 9.49. The molecule has 0 aliphatic rings. The highest BCUT2D eigenvalue weighted by atomic mass is 16.3. The Labute approximate surface area is 162 Å². The van der Waals surface area contributed by atoms with E-state index in [9.17, 15) is 5.26 Å². The molecule has 134 valence electrons. The Hall–Kier alpha value is -3.84. The number of nitriles is 1. The molecule has 0 bridgehead atoms. The summed E-state index contributed by atoms with van der Waals surface area (Å²) in [5.41, 5.74) is 6.17. The molecule has 2 heterocycles. The first-order valence-corrected chi connectivity index (χ1v) is 9.14. The van der Waals surface area contributed by atoms with E-state index in [1.807, 2.05) is 41.0 Å². The van der Waals surface area contributed by atoms with E-state index in [0.717, 1.165) is 44.3 Å². The van der Waals surface area contributed by atoms with Gasteiger partial charge in [-0.25, -0.2) is 4.98 Å². The molecule has 5 rings (SSSR count). The van der Waals surface area contributed by atoms with Crippen molar-refractivity contribution in [3.63, 3.8) is 0 Å². The van der Waals surface area contributed by atoms with Crippen molar-refractivity contribution in [2.45, 2.75) is 13.8 Å². The Kier molecular flexibility index (Phi) is 3.56. The van der Waals surface area contributed by atoms with Gasteiger partial charge in [-0.1, -0.05) is 48.5 Å². The van der Waals surface area contributed by atoms with Gasteiger partial charge in [0, 0.05) is 17.0 Å². The Morgan fingerprint density at radius 3 is 2.39 bits per heavy atom. The summed E-state index contributed by atoms with van der Waals surface area (Å²) >= 11 is 0. The van der Waals surface area contributed by atoms with Crippen molar-refractivity contribution in [2.24, 2.45) is 0 Å². The van der Waals surface area contributed by atoms with Gasteiger partial charge in [-0.05, 0) is 37.1 Å². The average Bonchev–Trinajstić information content (AvgIpc) is 3.29. The fourth-order valence-electron chi connectivity index (χ4n) is 3.90. The van der Waals surface area contributed by atoms with E-state index in [-0.39, 0.29) is 0 Å². The van der Waals surface area contributed by atoms with Crippen LogP contribution in [0.1, 0.15) is 16.8 Å². The molecule has 0 amide bonds. The van der Waals surface area contributed by atoms with Gasteiger partial charge in [0.2, 0.25) is 0 Å². The molecule has 4 nitrogen and oxygen atoms in total. The molecule has 0 unspecified atom stereocenters. The number of hydrogen-bond acceptors (Lipinski definition) is 3. The summed E-state index contributed by atoms with van der Waals surface area (Å²) in [6.07, 6.45) is 1.80. The highest BCUT2D eigenvalue weighted by Crippen LogP contribution is 2.36. The van der Waals surface area contributed by atoms with Crippen molar-refractivity contribution in [1.82, 2.24) is 9.55 Å². The van der Waals surface area contributed by atoms with E-state index in [4.69, 9.17) is 4.42 Å². The second-order valence-electron chi connectivity index (χ2n) is 6.95. The van der Waals surface area contributed by atoms with Crippen molar-refractivity contribution >= 4 is 21.9 Å². The number of hydrogen-bond donors (Lipinski definition) is 0. The quantitative estimate of drug-likeness (QED) is 0.391. The van der Waals surface area contributed by atoms with Crippen LogP contribution in [0.15, 0.2) is 71.3 Å². The normalized spacial score (nSPS) is 11.2. The molecule has 28 heavy (non-hydrogen) atoms. The van der Waals surface area contributed by atoms with Gasteiger partial charge in [0.05, 0.1) is 11.3 Å². The van der Waals surface area contributed by atoms with Crippen LogP contribution < -0.4 is 0 Å². The summed E-state index contributed by atoms with van der Waals surface area (Å²) in [7, 11) is 0. The number of imidazole rings is 1. The van der Waals surface area contributed by atoms with Crippen LogP contribution in [0.4, 0.5) is 0 Å². The predicted octanol–water partition coefficient (Wildman–Crippen LogP) is 5.93. The average molecular weight is 363 g/mol. The van der Waals surface area contributed by atoms with Gasteiger partial charge in [-0.3, -0.25) is 4.57 Å². The summed E-state index contributed by atoms with van der Waals surface area (Å²) in [6.45, 7) is 4.14. The highest BCUT2D eigenvalue weighted by Gasteiger charge is 2.19. The van der Waals surface area contributed by atoms with Gasteiger partial charge >= 0.3 is 0 Å². The molecular weight excluding hydrogens is 346 g/mol. The summed E-state index contributed by atoms with van der Waals surface area (Å²) in [5.74, 6) is 0.707. The molecular formula is C24H17N3O. The molecule has 0 saturated carbocycles. The fraction of sp³-hybridized carbons (Fsp3) is 0.0833. The molecule has 0 aliphatic carbocycles. The largest absolute Gasteiger partial charge is 0.455 e. The van der Waals surface area contributed by atoms with Crippen LogP contribution in [-0.2, 0) is 0 Å². The lowest BCUT2D eigenvalue weighted by atomic mass is 10.1. The number of aryl methyl sites for hydroxylation is 2. The van der Waals surface area contributed by atoms with Crippen molar-refractivity contribution in [3.05, 3.63) is 83.7 Å². The molecule has 0 N–H and O–H groups in total. The highest BCUT2D eigenvalue weighted by molar-refractivity contribution is 6.09. The van der Waals surface area contributed by atoms with Crippen molar-refractivity contribution in [3.8, 4) is 23.1 Å². The summed E-state index contributed by atoms with van der Waals surface area (Å²) in [5, 5.41) is 11.6. The molecule has 2 aromatic heterocycles. The zero-order valence-electron chi connectivity index (χ0n) is 15.6. The third-order valence-electron chi connectivity index (χ3n) is 5.15. The molecule has 5 aromatic rings. The minimum atomic E-state index is 0.380. The Balaban J connectivity index is 1.86. The predicted molar refractivity (Wildman–Crippen MR) is 110 cm³/mol. The zero-order valence-corrected chi connectivity index (χ0v) is 15.6. The lowest BCUT2D eigenvalue weighted by Gasteiger charge is -2.14. The maximum Gasteiger partial charge on any atom is 0.159 e. The number of nitrogens with zero attached hydrogens (tertiary/aromatic N) is 3. The Bertz CT molecular complexity index is 1380. The monoisotopic (exact) mass is 363 g/mol. The third kappa shape index (κ3) is 2.34. The summed E-state index contributed by atoms with van der Waals surface area (Å²) in [6, 6.07) is 22.4. The van der Waals surface area contributed by atoms with E-state index in [0.29, 0.717) is 11.5 Å². The van der Waals surface area contributed by atoms with Crippen LogP contribution in [0.25, 0.3) is 39.0 Å². The number of benzene rings is 3. The minimum Gasteiger partial charge on any atom is -0.455 e. The molecule has 0 fully saturated rings. The molecule has 0 saturated heterocycles. The minimum absolute atomic E-state index is 0.380. The molecule has 0 radical (unpaired) electrons. The van der Waals surface area contributed by atoms with E-state index >= 15 is 0 Å². The lowest BCUT2D eigenvalue weighted by molar-refractivity contribution is 0.669. The first-order valence-electron chi connectivity index (χ1n) is 9.14. The smallest absolute Gasteiger partial charge is 0.159 e. The number of furan rings is 1. The fourth-order valence-corrected chi connectivity index (χ4v) is 3.90. The summed E-state index contributed by atoms with van der Waals surface area (Å²) < 4.78 is 8.20. The van der Waals surface area contributed by atoms with E-state index in [1.54, 1.807) is 6.20 Å². The maximum absolute atomic E-state index is 9.49. The zero-order chi connectivity index (χ0) is 19.3. The number of para-hydroxylation sites is 3. The van der Waals surface area contributed by atoms with E-state index < -0.39 is 0 Å². The number of rotatable bonds is 2. The first kappa shape index (κ1) is 16.3. The van der Waals surface area contributed by atoms with Crippen LogP contribution in [0.3, 0.4) is 0 Å². The SMILES string of the molecule is Cc1cccc(C)c1-n1cc(C#N)nc1-c1cccc2c1oc1ccccc12. The Morgan fingerprint density at radius 1 is 0.893 bits per heavy atom. The second-order valence-corrected chi connectivity index (χ2v) is 6.95. The van der Waals surface area contributed by atoms with Crippen LogP contribution in [-0.4, -0.2) is 9.55 Å². The summed E-state index contributed by atoms with van der Waals surface area (Å²) in [4.78, 5) is 4.62. The van der Waals surface area contributed by atoms with Crippen molar-refractivity contribution < 1.29 is 4.42 Å². The van der Waals surface area contributed by atoms with Gasteiger partial charge in [0.15, 0.2) is 5.69 Å². The standard InChI is InChI=1S/C24H17N3O/c1-15-7-5-8-16(2)22(15)27-14-17(13-25)26-24(27)20-11-6-10-19-18-9-3-4-12-21(18)28-23(19)20/h3-12,14H,1-2H3. The molecule has 0 aliphatic heterocycles. The second kappa shape index (κ2) is 6.11. The molecule has 4 heteroatoms. The topological polar surface area (TPSA) is 54.8 Å². The van der Waals surface area contributed by atoms with Gasteiger partial charge < -0.3 is 4.42 Å². The molecule has 0 atom stereocenters. The number of fused-ring (bicyclic) bond motifs is 3. The molecule has 0 spiro atoms. The van der Waals surface area contributed by atoms with Gasteiger partial charge in [0.25, 0.3) is 0 Å². The third-order valence-corrected chi connectivity index (χ3v) is 5.15. The molecule has 3 aromatic carbocycles. The number of aromatic nitrogens is 2. The first-order chi connectivity index (χ1) is 13.7. The van der Waals surface area contributed by atoms with Crippen molar-refractivity contribution in [1.29, 1.82) is 5.26 Å². The van der Waals surface area contributed by atoms with Gasteiger partial charge in [-0.15, -0.1) is 0 Å². The van der Waals surface area contributed by atoms with Gasteiger partial charge in [-0.2, -0.15) is 5.26 Å². The van der Waals surface area contributed by atoms with E-state index in [1.165, 1.54) is 0 Å². The van der Waals surface area contributed by atoms with E-state index in [2.05, 4.69) is 49.2 Å². The van der Waals surface area contributed by atoms with Crippen molar-refractivity contribution in [2.75, 3.05) is 0 Å². The van der Waals surface area contributed by atoms with Gasteiger partial charge in [0.1, 0.15) is 23.1 Å².